The monoisotopic (exact) mass is 217 g/mol. The van der Waals surface area contributed by atoms with Crippen LogP contribution in [-0.2, 0) is 0 Å². The maximum Gasteiger partial charge on any atom is 0.119 e. The summed E-state index contributed by atoms with van der Waals surface area (Å²) >= 11 is 0. The van der Waals surface area contributed by atoms with Crippen LogP contribution >= 0.6 is 0 Å². The molecule has 0 aromatic heterocycles. The first-order chi connectivity index (χ1) is 7.79. The van der Waals surface area contributed by atoms with Gasteiger partial charge in [-0.15, -0.1) is 0 Å². The SMILES string of the molecule is Cc1ccc(OC2C[C@H]3CC[C@H](C2)N3)cc1. The predicted molar refractivity (Wildman–Crippen MR) is 64.8 cm³/mol. The fourth-order valence-electron chi connectivity index (χ4n) is 2.91. The van der Waals surface area contributed by atoms with Crippen LogP contribution in [0.3, 0.4) is 0 Å². The van der Waals surface area contributed by atoms with Crippen molar-refractivity contribution in [2.75, 3.05) is 0 Å². The van der Waals surface area contributed by atoms with Gasteiger partial charge in [-0.2, -0.15) is 0 Å². The molecule has 2 saturated heterocycles. The van der Waals surface area contributed by atoms with E-state index in [1.165, 1.54) is 31.2 Å². The van der Waals surface area contributed by atoms with Crippen molar-refractivity contribution in [2.24, 2.45) is 0 Å². The van der Waals surface area contributed by atoms with E-state index in [1.807, 2.05) is 0 Å². The first kappa shape index (κ1) is 10.2. The summed E-state index contributed by atoms with van der Waals surface area (Å²) in [5, 5.41) is 3.64. The van der Waals surface area contributed by atoms with E-state index in [0.29, 0.717) is 18.2 Å². The van der Waals surface area contributed by atoms with Gasteiger partial charge in [0.05, 0.1) is 0 Å². The van der Waals surface area contributed by atoms with Gasteiger partial charge in [-0.3, -0.25) is 0 Å². The Labute approximate surface area is 97.0 Å². The third-order valence-corrected chi connectivity index (χ3v) is 3.75. The number of hydrogen-bond donors (Lipinski definition) is 1. The maximum absolute atomic E-state index is 6.05. The summed E-state index contributed by atoms with van der Waals surface area (Å²) in [7, 11) is 0. The fourth-order valence-corrected chi connectivity index (χ4v) is 2.91. The molecule has 0 saturated carbocycles. The number of aryl methyl sites for hydroxylation is 1. The zero-order chi connectivity index (χ0) is 11.0. The Morgan fingerprint density at radius 1 is 1.06 bits per heavy atom. The molecule has 86 valence electrons. The Morgan fingerprint density at radius 2 is 1.69 bits per heavy atom. The second-order valence-corrected chi connectivity index (χ2v) is 5.16. The Hall–Kier alpha value is -1.02. The van der Waals surface area contributed by atoms with E-state index < -0.39 is 0 Å². The minimum atomic E-state index is 0.418. The summed E-state index contributed by atoms with van der Waals surface area (Å²) in [6, 6.07) is 9.80. The van der Waals surface area contributed by atoms with Crippen LogP contribution in [0, 0.1) is 6.92 Å². The highest BCUT2D eigenvalue weighted by Crippen LogP contribution is 2.29. The Kier molecular flexibility index (Phi) is 2.60. The van der Waals surface area contributed by atoms with Gasteiger partial charge in [-0.05, 0) is 44.7 Å². The number of nitrogens with one attached hydrogen (secondary N) is 1. The molecule has 1 aromatic carbocycles. The van der Waals surface area contributed by atoms with Gasteiger partial charge in [0.15, 0.2) is 0 Å². The van der Waals surface area contributed by atoms with E-state index in [0.717, 1.165) is 5.75 Å². The standard InChI is InChI=1S/C14H19NO/c1-10-2-6-13(7-3-10)16-14-8-11-4-5-12(9-14)15-11/h2-3,6-7,11-12,14-15H,4-5,8-9H2,1H3/t11-,12-/m1/s1. The fraction of sp³-hybridized carbons (Fsp3) is 0.571. The van der Waals surface area contributed by atoms with Crippen molar-refractivity contribution in [1.82, 2.24) is 5.32 Å². The van der Waals surface area contributed by atoms with Crippen molar-refractivity contribution >= 4 is 0 Å². The van der Waals surface area contributed by atoms with Crippen LogP contribution in [0.25, 0.3) is 0 Å². The van der Waals surface area contributed by atoms with Crippen LogP contribution in [0.1, 0.15) is 31.2 Å². The molecule has 2 aliphatic rings. The molecule has 2 heterocycles. The molecule has 2 fully saturated rings. The topological polar surface area (TPSA) is 21.3 Å². The third-order valence-electron chi connectivity index (χ3n) is 3.75. The lowest BCUT2D eigenvalue weighted by Gasteiger charge is -2.29. The summed E-state index contributed by atoms with van der Waals surface area (Å²) in [6.07, 6.45) is 5.42. The van der Waals surface area contributed by atoms with Crippen LogP contribution in [0.5, 0.6) is 5.75 Å². The first-order valence-electron chi connectivity index (χ1n) is 6.29. The van der Waals surface area contributed by atoms with Crippen molar-refractivity contribution in [3.05, 3.63) is 29.8 Å². The van der Waals surface area contributed by atoms with Gasteiger partial charge in [0.1, 0.15) is 11.9 Å². The molecule has 2 aliphatic heterocycles. The smallest absolute Gasteiger partial charge is 0.119 e. The molecule has 0 unspecified atom stereocenters. The summed E-state index contributed by atoms with van der Waals surface area (Å²) in [5.41, 5.74) is 1.29. The number of rotatable bonds is 2. The van der Waals surface area contributed by atoms with Crippen LogP contribution in [-0.4, -0.2) is 18.2 Å². The zero-order valence-electron chi connectivity index (χ0n) is 9.78. The average molecular weight is 217 g/mol. The quantitative estimate of drug-likeness (QED) is 0.822. The number of piperidine rings is 1. The lowest BCUT2D eigenvalue weighted by molar-refractivity contribution is 0.137. The van der Waals surface area contributed by atoms with Gasteiger partial charge in [0, 0.05) is 12.1 Å². The molecule has 0 spiro atoms. The lowest BCUT2D eigenvalue weighted by Crippen LogP contribution is -2.42. The summed E-state index contributed by atoms with van der Waals surface area (Å²) in [5.74, 6) is 1.02. The number of fused-ring (bicyclic) bond motifs is 2. The second kappa shape index (κ2) is 4.10. The largest absolute Gasteiger partial charge is 0.490 e. The highest BCUT2D eigenvalue weighted by Gasteiger charge is 2.34. The summed E-state index contributed by atoms with van der Waals surface area (Å²) < 4.78 is 6.05. The van der Waals surface area contributed by atoms with E-state index in [1.54, 1.807) is 0 Å². The van der Waals surface area contributed by atoms with Gasteiger partial charge in [0.2, 0.25) is 0 Å². The molecule has 3 rings (SSSR count). The Balaban J connectivity index is 1.64. The van der Waals surface area contributed by atoms with Crippen molar-refractivity contribution in [3.8, 4) is 5.75 Å². The molecular weight excluding hydrogens is 198 g/mol. The van der Waals surface area contributed by atoms with E-state index in [-0.39, 0.29) is 0 Å². The molecular formula is C14H19NO. The van der Waals surface area contributed by atoms with Crippen molar-refractivity contribution in [3.63, 3.8) is 0 Å². The highest BCUT2D eigenvalue weighted by atomic mass is 16.5. The average Bonchev–Trinajstić information content (AvgIpc) is 2.62. The second-order valence-electron chi connectivity index (χ2n) is 5.16. The molecule has 0 radical (unpaired) electrons. The molecule has 16 heavy (non-hydrogen) atoms. The van der Waals surface area contributed by atoms with Crippen LogP contribution < -0.4 is 10.1 Å². The lowest BCUT2D eigenvalue weighted by atomic mass is 10.0. The van der Waals surface area contributed by atoms with Crippen LogP contribution in [0.4, 0.5) is 0 Å². The van der Waals surface area contributed by atoms with Gasteiger partial charge in [-0.1, -0.05) is 17.7 Å². The third kappa shape index (κ3) is 2.07. The van der Waals surface area contributed by atoms with E-state index >= 15 is 0 Å². The van der Waals surface area contributed by atoms with Crippen molar-refractivity contribution < 1.29 is 4.74 Å². The number of ether oxygens (including phenoxy) is 1. The zero-order valence-corrected chi connectivity index (χ0v) is 9.78. The first-order valence-corrected chi connectivity index (χ1v) is 6.29. The molecule has 1 N–H and O–H groups in total. The minimum Gasteiger partial charge on any atom is -0.490 e. The molecule has 0 amide bonds. The number of hydrogen-bond acceptors (Lipinski definition) is 2. The predicted octanol–water partition coefficient (Wildman–Crippen LogP) is 2.66. The summed E-state index contributed by atoms with van der Waals surface area (Å²) in [4.78, 5) is 0. The van der Waals surface area contributed by atoms with Gasteiger partial charge in [-0.25, -0.2) is 0 Å². The molecule has 0 aliphatic carbocycles. The molecule has 1 aromatic rings. The Bertz CT molecular complexity index is 348. The number of benzene rings is 1. The Morgan fingerprint density at radius 3 is 2.31 bits per heavy atom. The van der Waals surface area contributed by atoms with Crippen molar-refractivity contribution in [1.29, 1.82) is 0 Å². The summed E-state index contributed by atoms with van der Waals surface area (Å²) in [6.45, 7) is 2.11. The maximum atomic E-state index is 6.05. The molecule has 2 bridgehead atoms. The van der Waals surface area contributed by atoms with E-state index in [9.17, 15) is 0 Å². The molecule has 2 heteroatoms. The van der Waals surface area contributed by atoms with Gasteiger partial charge < -0.3 is 10.1 Å². The minimum absolute atomic E-state index is 0.418. The molecule has 2 atom stereocenters. The molecule has 2 nitrogen and oxygen atoms in total. The normalized spacial score (nSPS) is 32.7. The van der Waals surface area contributed by atoms with Crippen molar-refractivity contribution in [2.45, 2.75) is 50.8 Å². The highest BCUT2D eigenvalue weighted by molar-refractivity contribution is 5.26. The van der Waals surface area contributed by atoms with E-state index in [4.69, 9.17) is 4.74 Å². The van der Waals surface area contributed by atoms with Gasteiger partial charge in [0.25, 0.3) is 0 Å². The van der Waals surface area contributed by atoms with Gasteiger partial charge >= 0.3 is 0 Å². The van der Waals surface area contributed by atoms with Crippen LogP contribution in [0.2, 0.25) is 0 Å². The van der Waals surface area contributed by atoms with E-state index in [2.05, 4.69) is 36.5 Å². The van der Waals surface area contributed by atoms with Crippen LogP contribution in [0.15, 0.2) is 24.3 Å².